The Bertz CT molecular complexity index is 954. The van der Waals surface area contributed by atoms with Gasteiger partial charge < -0.3 is 19.5 Å². The number of ether oxygens (including phenoxy) is 3. The van der Waals surface area contributed by atoms with Gasteiger partial charge in [-0.3, -0.25) is 4.79 Å². The third kappa shape index (κ3) is 5.71. The van der Waals surface area contributed by atoms with Gasteiger partial charge in [-0.1, -0.05) is 0 Å². The molecular weight excluding hydrogens is 388 g/mol. The SMILES string of the molecule is CCOc1ccc(NC(=O)c2ccc(OCc3csc(C)n3)cc2)cc1OCC. The van der Waals surface area contributed by atoms with Crippen LogP contribution < -0.4 is 19.5 Å². The van der Waals surface area contributed by atoms with Crippen LogP contribution in [-0.4, -0.2) is 24.1 Å². The van der Waals surface area contributed by atoms with Gasteiger partial charge in [0.25, 0.3) is 5.91 Å². The van der Waals surface area contributed by atoms with Crippen molar-refractivity contribution < 1.29 is 19.0 Å². The second-order valence-corrected chi connectivity index (χ2v) is 7.21. The minimum absolute atomic E-state index is 0.210. The number of amides is 1. The Balaban J connectivity index is 1.62. The van der Waals surface area contributed by atoms with Crippen molar-refractivity contribution in [2.75, 3.05) is 18.5 Å². The van der Waals surface area contributed by atoms with E-state index in [1.165, 1.54) is 0 Å². The summed E-state index contributed by atoms with van der Waals surface area (Å²) in [5, 5.41) is 5.87. The predicted molar refractivity (Wildman–Crippen MR) is 114 cm³/mol. The molecule has 0 aliphatic rings. The van der Waals surface area contributed by atoms with Gasteiger partial charge in [-0.15, -0.1) is 11.3 Å². The molecule has 0 spiro atoms. The molecule has 29 heavy (non-hydrogen) atoms. The fraction of sp³-hybridized carbons (Fsp3) is 0.273. The van der Waals surface area contributed by atoms with Crippen LogP contribution in [0.15, 0.2) is 47.8 Å². The molecule has 6 nitrogen and oxygen atoms in total. The fourth-order valence-corrected chi connectivity index (χ4v) is 3.26. The second kappa shape index (κ2) is 9.93. The Morgan fingerprint density at radius 3 is 2.38 bits per heavy atom. The second-order valence-electron chi connectivity index (χ2n) is 6.15. The molecule has 0 saturated heterocycles. The molecule has 0 saturated carbocycles. The van der Waals surface area contributed by atoms with Crippen molar-refractivity contribution in [3.05, 3.63) is 64.1 Å². The van der Waals surface area contributed by atoms with E-state index in [0.717, 1.165) is 10.7 Å². The number of thiazole rings is 1. The molecule has 0 bridgehead atoms. The summed E-state index contributed by atoms with van der Waals surface area (Å²) in [6.45, 7) is 7.24. The lowest BCUT2D eigenvalue weighted by atomic mass is 10.2. The largest absolute Gasteiger partial charge is 0.490 e. The number of rotatable bonds is 9. The average molecular weight is 413 g/mol. The van der Waals surface area contributed by atoms with Crippen molar-refractivity contribution in [2.24, 2.45) is 0 Å². The van der Waals surface area contributed by atoms with Gasteiger partial charge in [0.15, 0.2) is 11.5 Å². The molecule has 7 heteroatoms. The Kier molecular flexibility index (Phi) is 7.08. The molecule has 3 aromatic rings. The molecule has 2 aromatic carbocycles. The summed E-state index contributed by atoms with van der Waals surface area (Å²) in [6.07, 6.45) is 0. The molecule has 0 radical (unpaired) electrons. The molecule has 0 unspecified atom stereocenters. The number of nitrogens with zero attached hydrogens (tertiary/aromatic N) is 1. The number of carbonyl (C=O) groups is 1. The van der Waals surface area contributed by atoms with E-state index in [-0.39, 0.29) is 5.91 Å². The summed E-state index contributed by atoms with van der Waals surface area (Å²) in [7, 11) is 0. The summed E-state index contributed by atoms with van der Waals surface area (Å²) in [6, 6.07) is 12.4. The van der Waals surface area contributed by atoms with Crippen molar-refractivity contribution in [2.45, 2.75) is 27.4 Å². The minimum Gasteiger partial charge on any atom is -0.490 e. The van der Waals surface area contributed by atoms with Crippen molar-refractivity contribution >= 4 is 22.9 Å². The number of aromatic nitrogens is 1. The standard InChI is InChI=1S/C22H24N2O4S/c1-4-26-20-11-8-17(12-21(20)27-5-2)24-22(25)16-6-9-19(10-7-16)28-13-18-14-29-15(3)23-18/h6-12,14H,4-5,13H2,1-3H3,(H,24,25). The van der Waals surface area contributed by atoms with Gasteiger partial charge in [0.2, 0.25) is 0 Å². The summed E-state index contributed by atoms with van der Waals surface area (Å²) >= 11 is 1.59. The maximum absolute atomic E-state index is 12.6. The molecule has 0 atom stereocenters. The number of benzene rings is 2. The van der Waals surface area contributed by atoms with E-state index < -0.39 is 0 Å². The third-order valence-corrected chi connectivity index (χ3v) is 4.79. The topological polar surface area (TPSA) is 69.7 Å². The lowest BCUT2D eigenvalue weighted by Gasteiger charge is -2.13. The maximum atomic E-state index is 12.6. The van der Waals surface area contributed by atoms with Gasteiger partial charge in [0, 0.05) is 22.7 Å². The molecule has 1 amide bonds. The van der Waals surface area contributed by atoms with E-state index in [1.807, 2.05) is 26.2 Å². The maximum Gasteiger partial charge on any atom is 0.255 e. The van der Waals surface area contributed by atoms with E-state index >= 15 is 0 Å². The molecule has 152 valence electrons. The molecule has 1 heterocycles. The first-order chi connectivity index (χ1) is 14.1. The molecule has 1 N–H and O–H groups in total. The summed E-state index contributed by atoms with van der Waals surface area (Å²) in [5.74, 6) is 1.74. The molecule has 3 rings (SSSR count). The highest BCUT2D eigenvalue weighted by atomic mass is 32.1. The number of anilines is 1. The van der Waals surface area contributed by atoms with E-state index in [1.54, 1.807) is 53.8 Å². The zero-order valence-corrected chi connectivity index (χ0v) is 17.5. The van der Waals surface area contributed by atoms with Gasteiger partial charge >= 0.3 is 0 Å². The quantitative estimate of drug-likeness (QED) is 0.531. The third-order valence-electron chi connectivity index (χ3n) is 3.97. The van der Waals surface area contributed by atoms with Crippen molar-refractivity contribution in [1.82, 2.24) is 4.98 Å². The Morgan fingerprint density at radius 2 is 1.72 bits per heavy atom. The first kappa shape index (κ1) is 20.7. The smallest absolute Gasteiger partial charge is 0.255 e. The number of hydrogen-bond acceptors (Lipinski definition) is 6. The normalized spacial score (nSPS) is 10.4. The van der Waals surface area contributed by atoms with Crippen molar-refractivity contribution in [3.8, 4) is 17.2 Å². The van der Waals surface area contributed by atoms with Crippen molar-refractivity contribution in [1.29, 1.82) is 0 Å². The molecule has 1 aromatic heterocycles. The van der Waals surface area contributed by atoms with Crippen LogP contribution in [0.1, 0.15) is 34.9 Å². The van der Waals surface area contributed by atoms with Gasteiger partial charge in [0.1, 0.15) is 12.4 Å². The summed E-state index contributed by atoms with van der Waals surface area (Å²) < 4.78 is 16.9. The van der Waals surface area contributed by atoms with Gasteiger partial charge in [-0.05, 0) is 57.2 Å². The zero-order valence-electron chi connectivity index (χ0n) is 16.7. The molecule has 0 aliphatic carbocycles. The van der Waals surface area contributed by atoms with Crippen LogP contribution >= 0.6 is 11.3 Å². The van der Waals surface area contributed by atoms with Crippen LogP contribution in [0.25, 0.3) is 0 Å². The average Bonchev–Trinajstić information content (AvgIpc) is 3.14. The van der Waals surface area contributed by atoms with Gasteiger partial charge in [-0.2, -0.15) is 0 Å². The summed E-state index contributed by atoms with van der Waals surface area (Å²) in [5.41, 5.74) is 2.07. The number of nitrogens with one attached hydrogen (secondary N) is 1. The van der Waals surface area contributed by atoms with Crippen LogP contribution in [-0.2, 0) is 6.61 Å². The monoisotopic (exact) mass is 412 g/mol. The van der Waals surface area contributed by atoms with Gasteiger partial charge in [0.05, 0.1) is 23.9 Å². The van der Waals surface area contributed by atoms with Crippen molar-refractivity contribution in [3.63, 3.8) is 0 Å². The minimum atomic E-state index is -0.210. The molecule has 0 aliphatic heterocycles. The summed E-state index contributed by atoms with van der Waals surface area (Å²) in [4.78, 5) is 16.9. The predicted octanol–water partition coefficient (Wildman–Crippen LogP) is 5.08. The lowest BCUT2D eigenvalue weighted by molar-refractivity contribution is 0.102. The highest BCUT2D eigenvalue weighted by Gasteiger charge is 2.10. The lowest BCUT2D eigenvalue weighted by Crippen LogP contribution is -2.12. The van der Waals surface area contributed by atoms with Crippen LogP contribution in [0.2, 0.25) is 0 Å². The Morgan fingerprint density at radius 1 is 1.00 bits per heavy atom. The Hall–Kier alpha value is -3.06. The van der Waals surface area contributed by atoms with Crippen LogP contribution in [0, 0.1) is 6.92 Å². The first-order valence-electron chi connectivity index (χ1n) is 9.44. The number of carbonyl (C=O) groups excluding carboxylic acids is 1. The zero-order chi connectivity index (χ0) is 20.6. The number of aryl methyl sites for hydroxylation is 1. The van der Waals surface area contributed by atoms with E-state index in [2.05, 4.69) is 10.3 Å². The van der Waals surface area contributed by atoms with Crippen LogP contribution in [0.3, 0.4) is 0 Å². The van der Waals surface area contributed by atoms with E-state index in [9.17, 15) is 4.79 Å². The number of hydrogen-bond donors (Lipinski definition) is 1. The molecular formula is C22H24N2O4S. The highest BCUT2D eigenvalue weighted by Crippen LogP contribution is 2.31. The van der Waals surface area contributed by atoms with Gasteiger partial charge in [-0.25, -0.2) is 4.98 Å². The highest BCUT2D eigenvalue weighted by molar-refractivity contribution is 7.09. The first-order valence-corrected chi connectivity index (χ1v) is 10.3. The van der Waals surface area contributed by atoms with Crippen LogP contribution in [0.5, 0.6) is 17.2 Å². The van der Waals surface area contributed by atoms with Crippen LogP contribution in [0.4, 0.5) is 5.69 Å². The fourth-order valence-electron chi connectivity index (χ4n) is 2.67. The Labute approximate surface area is 174 Å². The van der Waals surface area contributed by atoms with E-state index in [4.69, 9.17) is 14.2 Å². The molecule has 0 fully saturated rings. The van der Waals surface area contributed by atoms with E-state index in [0.29, 0.717) is 48.3 Å².